The van der Waals surface area contributed by atoms with Crippen LogP contribution in [-0.4, -0.2) is 31.3 Å². The molecule has 6 heteroatoms. The van der Waals surface area contributed by atoms with Crippen molar-refractivity contribution >= 4 is 5.91 Å². The number of carbonyl (C=O) groups excluding carboxylic acids is 1. The zero-order valence-corrected chi connectivity index (χ0v) is 13.5. The summed E-state index contributed by atoms with van der Waals surface area (Å²) < 4.78 is 37.3. The van der Waals surface area contributed by atoms with E-state index in [-0.39, 0.29) is 12.0 Å². The monoisotopic (exact) mass is 327 g/mol. The molecule has 0 aromatic heterocycles. The SMILES string of the molecule is C[C@H](OC[C@@H]1CCCCO1)C(=O)N[C@@H](C)c1ccc(F)c(F)c1. The minimum Gasteiger partial charge on any atom is -0.376 e. The Morgan fingerprint density at radius 3 is 2.78 bits per heavy atom. The molecular formula is C17H23F2NO3. The standard InChI is InChI=1S/C17H23F2NO3/c1-11(13-6-7-15(18)16(19)9-13)20-17(21)12(2)23-10-14-5-3-4-8-22-14/h6-7,9,11-12,14H,3-5,8,10H2,1-2H3,(H,20,21)/t11-,12-,14-/m0/s1. The molecule has 0 bridgehead atoms. The van der Waals surface area contributed by atoms with E-state index in [0.29, 0.717) is 12.2 Å². The van der Waals surface area contributed by atoms with Gasteiger partial charge in [0.25, 0.3) is 0 Å². The molecule has 0 spiro atoms. The van der Waals surface area contributed by atoms with E-state index in [2.05, 4.69) is 5.32 Å². The molecule has 1 heterocycles. The Kier molecular flexibility index (Phi) is 6.47. The first kappa shape index (κ1) is 17.8. The molecule has 1 aromatic rings. The lowest BCUT2D eigenvalue weighted by atomic mass is 10.1. The van der Waals surface area contributed by atoms with E-state index in [4.69, 9.17) is 9.47 Å². The minimum absolute atomic E-state index is 0.0441. The van der Waals surface area contributed by atoms with Crippen LogP contribution < -0.4 is 5.32 Å². The van der Waals surface area contributed by atoms with Crippen LogP contribution in [0.3, 0.4) is 0 Å². The second-order valence-corrected chi connectivity index (χ2v) is 5.87. The molecule has 1 aromatic carbocycles. The Bertz CT molecular complexity index is 533. The quantitative estimate of drug-likeness (QED) is 0.873. The van der Waals surface area contributed by atoms with E-state index in [0.717, 1.165) is 38.0 Å². The second kappa shape index (κ2) is 8.36. The van der Waals surface area contributed by atoms with E-state index < -0.39 is 23.8 Å². The van der Waals surface area contributed by atoms with Crippen molar-refractivity contribution in [3.8, 4) is 0 Å². The highest BCUT2D eigenvalue weighted by atomic mass is 19.2. The number of hydrogen-bond acceptors (Lipinski definition) is 3. The summed E-state index contributed by atoms with van der Waals surface area (Å²) >= 11 is 0. The van der Waals surface area contributed by atoms with Crippen molar-refractivity contribution < 1.29 is 23.0 Å². The van der Waals surface area contributed by atoms with Gasteiger partial charge in [0.15, 0.2) is 11.6 Å². The zero-order valence-electron chi connectivity index (χ0n) is 13.5. The summed E-state index contributed by atoms with van der Waals surface area (Å²) in [5.74, 6) is -2.13. The third-order valence-electron chi connectivity index (χ3n) is 3.98. The van der Waals surface area contributed by atoms with E-state index in [9.17, 15) is 13.6 Å². The van der Waals surface area contributed by atoms with Crippen LogP contribution in [0.4, 0.5) is 8.78 Å². The van der Waals surface area contributed by atoms with Gasteiger partial charge in [-0.25, -0.2) is 8.78 Å². The minimum atomic E-state index is -0.928. The Labute approximate surface area is 135 Å². The highest BCUT2D eigenvalue weighted by molar-refractivity contribution is 5.80. The highest BCUT2D eigenvalue weighted by Crippen LogP contribution is 2.17. The summed E-state index contributed by atoms with van der Waals surface area (Å²) in [6, 6.07) is 3.15. The van der Waals surface area contributed by atoms with E-state index >= 15 is 0 Å². The summed E-state index contributed by atoms with van der Waals surface area (Å²) in [7, 11) is 0. The molecule has 23 heavy (non-hydrogen) atoms. The van der Waals surface area contributed by atoms with Crippen molar-refractivity contribution in [3.05, 3.63) is 35.4 Å². The number of rotatable bonds is 6. The van der Waals surface area contributed by atoms with Crippen molar-refractivity contribution in [1.82, 2.24) is 5.32 Å². The lowest BCUT2D eigenvalue weighted by Crippen LogP contribution is -2.38. The van der Waals surface area contributed by atoms with E-state index in [1.54, 1.807) is 13.8 Å². The largest absolute Gasteiger partial charge is 0.376 e. The van der Waals surface area contributed by atoms with Gasteiger partial charge in [-0.1, -0.05) is 6.07 Å². The molecule has 0 unspecified atom stereocenters. The van der Waals surface area contributed by atoms with Gasteiger partial charge < -0.3 is 14.8 Å². The zero-order chi connectivity index (χ0) is 16.8. The van der Waals surface area contributed by atoms with Gasteiger partial charge in [-0.3, -0.25) is 4.79 Å². The average Bonchev–Trinajstić information content (AvgIpc) is 2.55. The molecule has 1 aliphatic heterocycles. The molecule has 1 saturated heterocycles. The fourth-order valence-corrected chi connectivity index (χ4v) is 2.46. The lowest BCUT2D eigenvalue weighted by Gasteiger charge is -2.24. The van der Waals surface area contributed by atoms with E-state index in [1.165, 1.54) is 6.07 Å². The van der Waals surface area contributed by atoms with Crippen LogP contribution in [0, 0.1) is 11.6 Å². The van der Waals surface area contributed by atoms with Gasteiger partial charge in [-0.15, -0.1) is 0 Å². The van der Waals surface area contributed by atoms with Gasteiger partial charge in [-0.05, 0) is 50.8 Å². The molecule has 0 saturated carbocycles. The number of nitrogens with one attached hydrogen (secondary N) is 1. The summed E-state index contributed by atoms with van der Waals surface area (Å²) in [5.41, 5.74) is 0.500. The van der Waals surface area contributed by atoms with Gasteiger partial charge in [0.05, 0.1) is 18.8 Å². The molecule has 1 aliphatic rings. The van der Waals surface area contributed by atoms with Gasteiger partial charge in [0, 0.05) is 6.61 Å². The second-order valence-electron chi connectivity index (χ2n) is 5.87. The summed E-state index contributed by atoms with van der Waals surface area (Å²) in [4.78, 5) is 12.1. The van der Waals surface area contributed by atoms with Gasteiger partial charge in [-0.2, -0.15) is 0 Å². The molecule has 1 amide bonds. The number of halogens is 2. The number of hydrogen-bond donors (Lipinski definition) is 1. The number of amides is 1. The Morgan fingerprint density at radius 1 is 1.35 bits per heavy atom. The van der Waals surface area contributed by atoms with Gasteiger partial charge >= 0.3 is 0 Å². The fraction of sp³-hybridized carbons (Fsp3) is 0.588. The third-order valence-corrected chi connectivity index (χ3v) is 3.98. The third kappa shape index (κ3) is 5.25. The maximum absolute atomic E-state index is 13.2. The van der Waals surface area contributed by atoms with Crippen LogP contribution in [0.15, 0.2) is 18.2 Å². The van der Waals surface area contributed by atoms with Crippen LogP contribution in [-0.2, 0) is 14.3 Å². The average molecular weight is 327 g/mol. The molecule has 2 rings (SSSR count). The highest BCUT2D eigenvalue weighted by Gasteiger charge is 2.20. The van der Waals surface area contributed by atoms with E-state index in [1.807, 2.05) is 0 Å². The smallest absolute Gasteiger partial charge is 0.249 e. The maximum atomic E-state index is 13.2. The number of benzene rings is 1. The topological polar surface area (TPSA) is 47.6 Å². The molecule has 1 N–H and O–H groups in total. The van der Waals surface area contributed by atoms with Crippen molar-refractivity contribution in [2.24, 2.45) is 0 Å². The van der Waals surface area contributed by atoms with Crippen LogP contribution in [0.25, 0.3) is 0 Å². The molecule has 1 fully saturated rings. The predicted molar refractivity (Wildman–Crippen MR) is 81.9 cm³/mol. The number of ether oxygens (including phenoxy) is 2. The fourth-order valence-electron chi connectivity index (χ4n) is 2.46. The number of carbonyl (C=O) groups is 1. The van der Waals surface area contributed by atoms with Crippen molar-refractivity contribution in [2.75, 3.05) is 13.2 Å². The molecule has 3 atom stereocenters. The predicted octanol–water partition coefficient (Wildman–Crippen LogP) is 3.12. The normalized spacial score (nSPS) is 20.8. The van der Waals surface area contributed by atoms with Crippen LogP contribution >= 0.6 is 0 Å². The molecular weight excluding hydrogens is 304 g/mol. The Morgan fingerprint density at radius 2 is 2.13 bits per heavy atom. The van der Waals surface area contributed by atoms with Crippen molar-refractivity contribution in [1.29, 1.82) is 0 Å². The van der Waals surface area contributed by atoms with Crippen LogP contribution in [0.2, 0.25) is 0 Å². The maximum Gasteiger partial charge on any atom is 0.249 e. The van der Waals surface area contributed by atoms with Gasteiger partial charge in [0.1, 0.15) is 6.10 Å². The summed E-state index contributed by atoms with van der Waals surface area (Å²) in [6.45, 7) is 4.49. The van der Waals surface area contributed by atoms with Crippen molar-refractivity contribution in [3.63, 3.8) is 0 Å². The first-order valence-corrected chi connectivity index (χ1v) is 7.96. The van der Waals surface area contributed by atoms with Gasteiger partial charge in [0.2, 0.25) is 5.91 Å². The first-order valence-electron chi connectivity index (χ1n) is 7.96. The van der Waals surface area contributed by atoms with Crippen LogP contribution in [0.5, 0.6) is 0 Å². The molecule has 0 radical (unpaired) electrons. The molecule has 4 nitrogen and oxygen atoms in total. The van der Waals surface area contributed by atoms with Crippen molar-refractivity contribution in [2.45, 2.75) is 51.4 Å². The lowest BCUT2D eigenvalue weighted by molar-refractivity contribution is -0.136. The summed E-state index contributed by atoms with van der Waals surface area (Å²) in [5, 5.41) is 2.74. The molecule has 0 aliphatic carbocycles. The first-order chi connectivity index (χ1) is 11.0. The summed E-state index contributed by atoms with van der Waals surface area (Å²) in [6.07, 6.45) is 2.54. The van der Waals surface area contributed by atoms with Crippen LogP contribution in [0.1, 0.15) is 44.7 Å². The Hall–Kier alpha value is -1.53. The molecule has 128 valence electrons. The Balaban J connectivity index is 1.80.